The Balaban J connectivity index is 0. The summed E-state index contributed by atoms with van der Waals surface area (Å²) in [6.07, 6.45) is 0. The summed E-state index contributed by atoms with van der Waals surface area (Å²) in [5.74, 6) is -3.46. The molecule has 0 aliphatic carbocycles. The zero-order valence-corrected chi connectivity index (χ0v) is 7.07. The van der Waals surface area contributed by atoms with Crippen LogP contribution >= 0.6 is 0 Å². The molecule has 0 amide bonds. The van der Waals surface area contributed by atoms with Crippen molar-refractivity contribution in [2.24, 2.45) is 0 Å². The van der Waals surface area contributed by atoms with Crippen LogP contribution in [0.3, 0.4) is 0 Å². The van der Waals surface area contributed by atoms with Gasteiger partial charge in [-0.15, -0.1) is 0 Å². The molecule has 0 aromatic rings. The number of nitrogens with zero attached hydrogens (tertiary/aromatic N) is 1. The molecule has 4 nitrogen and oxygen atoms in total. The van der Waals surface area contributed by atoms with Crippen LogP contribution in [0, 0.1) is 0 Å². The molecule has 0 aromatic carbocycles. The third-order valence-corrected chi connectivity index (χ3v) is 1.51. The van der Waals surface area contributed by atoms with Crippen LogP contribution in [0.2, 0.25) is 0 Å². The second-order valence-corrected chi connectivity index (χ2v) is 2.70. The van der Waals surface area contributed by atoms with Gasteiger partial charge in [0.05, 0.1) is 0 Å². The minimum absolute atomic E-state index is 0. The van der Waals surface area contributed by atoms with E-state index in [0.717, 1.165) is 0 Å². The maximum absolute atomic E-state index is 12.0. The zero-order chi connectivity index (χ0) is 9.23. The van der Waals surface area contributed by atoms with Gasteiger partial charge in [-0.25, -0.2) is 8.42 Å². The van der Waals surface area contributed by atoms with E-state index in [0.29, 0.717) is 0 Å². The molecule has 8 heteroatoms. The molecule has 0 saturated heterocycles. The zero-order valence-electron chi connectivity index (χ0n) is 6.25. The Bertz CT molecular complexity index is 275. The van der Waals surface area contributed by atoms with Crippen molar-refractivity contribution >= 4 is 10.3 Å². The topological polar surface area (TPSA) is 60.4 Å². The van der Waals surface area contributed by atoms with E-state index in [1.807, 2.05) is 0 Å². The predicted octanol–water partition coefficient (Wildman–Crippen LogP) is -2.37. The molecule has 0 aliphatic heterocycles. The van der Waals surface area contributed by atoms with Crippen LogP contribution in [-0.2, 0) is 10.3 Å². The SMILES string of the molecule is C=C(F)N(C(=C)F)S(=O)(=O)[O-].[Li+]. The quantitative estimate of drug-likeness (QED) is 0.284. The van der Waals surface area contributed by atoms with E-state index in [1.54, 1.807) is 0 Å². The van der Waals surface area contributed by atoms with Gasteiger partial charge in [-0.1, -0.05) is 0 Å². The van der Waals surface area contributed by atoms with E-state index in [-0.39, 0.29) is 18.9 Å². The van der Waals surface area contributed by atoms with Crippen molar-refractivity contribution in [3.8, 4) is 0 Å². The molecule has 0 atom stereocenters. The van der Waals surface area contributed by atoms with Crippen molar-refractivity contribution < 1.29 is 40.6 Å². The van der Waals surface area contributed by atoms with E-state index in [1.165, 1.54) is 0 Å². The number of halogens is 2. The van der Waals surface area contributed by atoms with Gasteiger partial charge < -0.3 is 4.55 Å². The summed E-state index contributed by atoms with van der Waals surface area (Å²) in [5.41, 5.74) is 0. The van der Waals surface area contributed by atoms with Crippen molar-refractivity contribution in [3.05, 3.63) is 25.1 Å². The van der Waals surface area contributed by atoms with Crippen molar-refractivity contribution in [2.75, 3.05) is 0 Å². The van der Waals surface area contributed by atoms with Crippen LogP contribution in [0.15, 0.2) is 25.1 Å². The molecule has 0 bridgehead atoms. The average Bonchev–Trinajstić information content (AvgIpc) is 1.54. The van der Waals surface area contributed by atoms with Crippen LogP contribution in [0.5, 0.6) is 0 Å². The van der Waals surface area contributed by atoms with Crippen LogP contribution in [-0.4, -0.2) is 17.3 Å². The van der Waals surface area contributed by atoms with E-state index >= 15 is 0 Å². The fourth-order valence-corrected chi connectivity index (χ4v) is 0.860. The number of rotatable bonds is 3. The summed E-state index contributed by atoms with van der Waals surface area (Å²) < 4.78 is 53.1. The van der Waals surface area contributed by atoms with Crippen molar-refractivity contribution in [3.63, 3.8) is 0 Å². The standard InChI is InChI=1S/C4H5F2NO3S.Li/c1-3(5)7(4(2)6)11(8,9)10;/h1-2H2,(H,8,9,10);/q;+1/p-1. The average molecular weight is 191 g/mol. The van der Waals surface area contributed by atoms with Crippen LogP contribution in [0.25, 0.3) is 0 Å². The van der Waals surface area contributed by atoms with Gasteiger partial charge in [-0.3, -0.25) is 0 Å². The Morgan fingerprint density at radius 2 is 1.50 bits per heavy atom. The van der Waals surface area contributed by atoms with Gasteiger partial charge in [-0.2, -0.15) is 13.1 Å². The number of hydrogen-bond donors (Lipinski definition) is 0. The minimum Gasteiger partial charge on any atom is -0.730 e. The predicted molar refractivity (Wildman–Crippen MR) is 32.0 cm³/mol. The van der Waals surface area contributed by atoms with Gasteiger partial charge in [0, 0.05) is 0 Å². The fourth-order valence-electron chi connectivity index (χ4n) is 0.374. The number of hydrogen-bond acceptors (Lipinski definition) is 3. The van der Waals surface area contributed by atoms with Gasteiger partial charge >= 0.3 is 18.9 Å². The van der Waals surface area contributed by atoms with Gasteiger partial charge in [0.1, 0.15) is 0 Å². The van der Waals surface area contributed by atoms with Gasteiger partial charge in [0.25, 0.3) is 0 Å². The molecule has 0 spiro atoms. The van der Waals surface area contributed by atoms with E-state index in [4.69, 9.17) is 0 Å². The minimum atomic E-state index is -5.23. The third-order valence-electron chi connectivity index (χ3n) is 0.664. The maximum atomic E-state index is 12.0. The van der Waals surface area contributed by atoms with Crippen molar-refractivity contribution in [2.45, 2.75) is 0 Å². The van der Waals surface area contributed by atoms with Crippen LogP contribution in [0.1, 0.15) is 0 Å². The van der Waals surface area contributed by atoms with Crippen LogP contribution < -0.4 is 18.9 Å². The Morgan fingerprint density at radius 1 is 1.25 bits per heavy atom. The summed E-state index contributed by atoms with van der Waals surface area (Å²) in [6.45, 7) is 4.84. The Kier molecular flexibility index (Phi) is 5.46. The van der Waals surface area contributed by atoms with Crippen molar-refractivity contribution in [1.82, 2.24) is 4.31 Å². The van der Waals surface area contributed by atoms with Gasteiger partial charge in [-0.05, 0) is 13.2 Å². The summed E-state index contributed by atoms with van der Waals surface area (Å²) in [4.78, 5) is 0. The first kappa shape index (κ1) is 14.2. The molecule has 0 unspecified atom stereocenters. The molecule has 0 N–H and O–H groups in total. The molecule has 0 aliphatic rings. The fraction of sp³-hybridized carbons (Fsp3) is 0. The summed E-state index contributed by atoms with van der Waals surface area (Å²) in [6, 6.07) is 0. The normalized spacial score (nSPS) is 9.92. The van der Waals surface area contributed by atoms with E-state index in [2.05, 4.69) is 13.2 Å². The summed E-state index contributed by atoms with van der Waals surface area (Å²) in [7, 11) is -5.23. The first-order chi connectivity index (χ1) is 4.76. The molecular formula is C4H4F2LiNO3S. The smallest absolute Gasteiger partial charge is 0.730 e. The molecular weight excluding hydrogens is 187 g/mol. The third kappa shape index (κ3) is 3.87. The molecule has 12 heavy (non-hydrogen) atoms. The van der Waals surface area contributed by atoms with E-state index < -0.39 is 26.5 Å². The molecule has 64 valence electrons. The Hall–Kier alpha value is -0.353. The molecule has 0 radical (unpaired) electrons. The first-order valence-corrected chi connectivity index (χ1v) is 3.58. The van der Waals surface area contributed by atoms with E-state index in [9.17, 15) is 21.8 Å². The van der Waals surface area contributed by atoms with Crippen molar-refractivity contribution in [1.29, 1.82) is 0 Å². The first-order valence-electron chi connectivity index (χ1n) is 2.21. The molecule has 0 fully saturated rings. The van der Waals surface area contributed by atoms with Crippen LogP contribution in [0.4, 0.5) is 8.78 Å². The maximum Gasteiger partial charge on any atom is 1.00 e. The second-order valence-electron chi connectivity index (χ2n) is 1.47. The van der Waals surface area contributed by atoms with Gasteiger partial charge in [0.15, 0.2) is 10.3 Å². The molecule has 0 aromatic heterocycles. The largest absolute Gasteiger partial charge is 1.00 e. The monoisotopic (exact) mass is 191 g/mol. The summed E-state index contributed by atoms with van der Waals surface area (Å²) >= 11 is 0. The Labute approximate surface area is 80.6 Å². The van der Waals surface area contributed by atoms with Gasteiger partial charge in [0.2, 0.25) is 11.9 Å². The molecule has 0 saturated carbocycles. The molecule has 0 rings (SSSR count). The summed E-state index contributed by atoms with van der Waals surface area (Å²) in [5, 5.41) is 0. The second kappa shape index (κ2) is 4.62. The Morgan fingerprint density at radius 3 is 1.50 bits per heavy atom. The molecule has 0 heterocycles.